The van der Waals surface area contributed by atoms with E-state index in [1.807, 2.05) is 0 Å². The fourth-order valence-corrected chi connectivity index (χ4v) is 6.80. The van der Waals surface area contributed by atoms with E-state index in [2.05, 4.69) is 49.8 Å². The van der Waals surface area contributed by atoms with Gasteiger partial charge in [-0.2, -0.15) is 0 Å². The van der Waals surface area contributed by atoms with E-state index in [1.54, 1.807) is 34.7 Å². The summed E-state index contributed by atoms with van der Waals surface area (Å²) >= 11 is 0. The van der Waals surface area contributed by atoms with Crippen molar-refractivity contribution < 1.29 is 27.1 Å². The van der Waals surface area contributed by atoms with Crippen molar-refractivity contribution in [1.29, 1.82) is 0 Å². The molecule has 10 nitrogen and oxygen atoms in total. The molecule has 0 spiro atoms. The standard InChI is InChI=1S/C31H50FN5O5SSi/c1-13-14-26(32)31(6,35(8)25(21-33-7)18-17-24-15-16-24)30(5)22-43(39,40)36(9)27(34-30)37(28(38)42-29(2,3)4)23-41-19-20-44(10,11)12/h13-14,21,24H,1,7,15-16,19-20,22-23H2,2-6,8-12H3/b25-21-,26-14+/t30-,31?/m0/s1. The summed E-state index contributed by atoms with van der Waals surface area (Å²) < 4.78 is 56.5. The van der Waals surface area contributed by atoms with Crippen molar-refractivity contribution in [1.82, 2.24) is 14.1 Å². The summed E-state index contributed by atoms with van der Waals surface area (Å²) in [7, 11) is -2.71. The number of halogens is 1. The van der Waals surface area contributed by atoms with Crippen molar-refractivity contribution in [3.8, 4) is 11.8 Å². The molecule has 0 aromatic carbocycles. The van der Waals surface area contributed by atoms with Gasteiger partial charge in [-0.15, -0.1) is 0 Å². The molecule has 1 aliphatic carbocycles. The van der Waals surface area contributed by atoms with Crippen molar-refractivity contribution in [2.24, 2.45) is 15.9 Å². The highest BCUT2D eigenvalue weighted by atomic mass is 32.2. The second kappa shape index (κ2) is 14.0. The number of guanidine groups is 1. The molecule has 1 aliphatic heterocycles. The highest BCUT2D eigenvalue weighted by molar-refractivity contribution is 7.89. The molecule has 2 rings (SSSR count). The predicted octanol–water partition coefficient (Wildman–Crippen LogP) is 5.61. The topological polar surface area (TPSA) is 104 Å². The Bertz CT molecular complexity index is 1370. The largest absolute Gasteiger partial charge is 0.443 e. The molecule has 0 aromatic heterocycles. The van der Waals surface area contributed by atoms with Crippen LogP contribution in [0.5, 0.6) is 0 Å². The molecular weight excluding hydrogens is 602 g/mol. The fourth-order valence-electron chi connectivity index (χ4n) is 4.40. The number of rotatable bonds is 11. The molecule has 1 saturated carbocycles. The zero-order valence-corrected chi connectivity index (χ0v) is 29.8. The molecule has 1 unspecified atom stereocenters. The van der Waals surface area contributed by atoms with Crippen molar-refractivity contribution in [2.45, 2.75) is 89.8 Å². The maximum atomic E-state index is 16.4. The average Bonchev–Trinajstić information content (AvgIpc) is 3.70. The van der Waals surface area contributed by atoms with Gasteiger partial charge in [0.15, 0.2) is 0 Å². The highest BCUT2D eigenvalue weighted by Crippen LogP contribution is 2.43. The third-order valence-electron chi connectivity index (χ3n) is 7.59. The number of carbonyl (C=O) groups excluding carboxylic acids is 1. The number of aliphatic imine (C=N–C) groups is 2. The number of hydrogen-bond donors (Lipinski definition) is 0. The van der Waals surface area contributed by atoms with Gasteiger partial charge in [-0.05, 0) is 72.2 Å². The van der Waals surface area contributed by atoms with Crippen LogP contribution in [0.2, 0.25) is 25.7 Å². The van der Waals surface area contributed by atoms with Crippen LogP contribution in [-0.4, -0.2) is 99.2 Å². The lowest BCUT2D eigenvalue weighted by molar-refractivity contribution is 0.00753. The van der Waals surface area contributed by atoms with Crippen molar-refractivity contribution >= 4 is 36.9 Å². The van der Waals surface area contributed by atoms with Gasteiger partial charge >= 0.3 is 6.09 Å². The first-order valence-electron chi connectivity index (χ1n) is 14.7. The Kier molecular flexibility index (Phi) is 11.8. The predicted molar refractivity (Wildman–Crippen MR) is 178 cm³/mol. The molecule has 1 fully saturated rings. The lowest BCUT2D eigenvalue weighted by atomic mass is 9.77. The second-order valence-electron chi connectivity index (χ2n) is 13.8. The molecular formula is C31H50FN5O5SSi. The van der Waals surface area contributed by atoms with Crippen LogP contribution in [0.3, 0.4) is 0 Å². The Morgan fingerprint density at radius 1 is 1.30 bits per heavy atom. The molecule has 0 aromatic rings. The number of amides is 1. The number of ether oxygens (including phenoxy) is 2. The maximum Gasteiger partial charge on any atom is 0.419 e. The van der Waals surface area contributed by atoms with Crippen LogP contribution in [0, 0.1) is 17.8 Å². The molecule has 44 heavy (non-hydrogen) atoms. The molecule has 1 amide bonds. The second-order valence-corrected chi connectivity index (χ2v) is 21.4. The van der Waals surface area contributed by atoms with Crippen LogP contribution < -0.4 is 0 Å². The summed E-state index contributed by atoms with van der Waals surface area (Å²) in [5.41, 5.74) is -4.01. The molecule has 0 N–H and O–H groups in total. The van der Waals surface area contributed by atoms with Crippen molar-refractivity contribution in [3.63, 3.8) is 0 Å². The lowest BCUT2D eigenvalue weighted by Gasteiger charge is -2.51. The van der Waals surface area contributed by atoms with Gasteiger partial charge < -0.3 is 14.4 Å². The van der Waals surface area contributed by atoms with E-state index in [-0.39, 0.29) is 18.6 Å². The molecule has 2 aliphatic rings. The fraction of sp³-hybridized carbons (Fsp3) is 0.645. The average molecular weight is 652 g/mol. The summed E-state index contributed by atoms with van der Waals surface area (Å²) in [6.07, 6.45) is 4.96. The monoisotopic (exact) mass is 651 g/mol. The third kappa shape index (κ3) is 9.28. The number of nitrogens with zero attached hydrogens (tertiary/aromatic N) is 5. The minimum Gasteiger partial charge on any atom is -0.443 e. The van der Waals surface area contributed by atoms with Gasteiger partial charge in [-0.3, -0.25) is 4.99 Å². The molecule has 0 bridgehead atoms. The summed E-state index contributed by atoms with van der Waals surface area (Å²) in [5, 5.41) is 0. The van der Waals surface area contributed by atoms with E-state index in [1.165, 1.54) is 37.2 Å². The SMILES string of the molecule is C=C/C=C(/F)C(C)(N(C)/C(C#CC1CC1)=C\N=C)[C@]1(C)CS(=O)(=O)N(C)C(N(COCC[Si](C)(C)C)C(=O)OC(C)(C)C)=N1. The number of likely N-dealkylation sites (N-methyl/N-ethyl adjacent to an activating group) is 1. The Hall–Kier alpha value is -2.95. The third-order valence-corrected chi connectivity index (χ3v) is 11.2. The van der Waals surface area contributed by atoms with Gasteiger partial charge in [0.25, 0.3) is 0 Å². The van der Waals surface area contributed by atoms with Crippen LogP contribution >= 0.6 is 0 Å². The summed E-state index contributed by atoms with van der Waals surface area (Å²) in [4.78, 5) is 24.9. The van der Waals surface area contributed by atoms with Gasteiger partial charge in [-0.25, -0.2) is 31.8 Å². The quantitative estimate of drug-likeness (QED) is 0.0719. The van der Waals surface area contributed by atoms with E-state index < -0.39 is 52.4 Å². The van der Waals surface area contributed by atoms with Crippen LogP contribution in [0.4, 0.5) is 9.18 Å². The number of hydrogen-bond acceptors (Lipinski definition) is 8. The first-order chi connectivity index (χ1) is 20.1. The van der Waals surface area contributed by atoms with Gasteiger partial charge in [0.1, 0.15) is 34.9 Å². The van der Waals surface area contributed by atoms with E-state index in [9.17, 15) is 13.2 Å². The number of allylic oxidation sites excluding steroid dienone is 3. The molecule has 2 atom stereocenters. The lowest BCUT2D eigenvalue weighted by Crippen LogP contribution is -2.67. The van der Waals surface area contributed by atoms with Crippen molar-refractivity contribution in [2.75, 3.05) is 33.2 Å². The molecule has 0 saturated heterocycles. The first-order valence-corrected chi connectivity index (χ1v) is 20.0. The summed E-state index contributed by atoms with van der Waals surface area (Å²) in [6, 6.07) is 0.822. The Balaban J connectivity index is 2.79. The molecule has 0 radical (unpaired) electrons. The maximum absolute atomic E-state index is 16.4. The minimum atomic E-state index is -4.15. The number of sulfonamides is 1. The van der Waals surface area contributed by atoms with Gasteiger partial charge in [0, 0.05) is 34.7 Å². The Labute approximate surface area is 264 Å². The summed E-state index contributed by atoms with van der Waals surface area (Å²) in [6.45, 7) is 22.0. The molecule has 1 heterocycles. The van der Waals surface area contributed by atoms with Crippen LogP contribution in [0.1, 0.15) is 47.5 Å². The highest BCUT2D eigenvalue weighted by Gasteiger charge is 2.57. The van der Waals surface area contributed by atoms with Gasteiger partial charge in [0.2, 0.25) is 16.0 Å². The Morgan fingerprint density at radius 2 is 1.91 bits per heavy atom. The zero-order chi connectivity index (χ0) is 33.7. The molecule has 246 valence electrons. The summed E-state index contributed by atoms with van der Waals surface area (Å²) in [5.74, 6) is 4.92. The first kappa shape index (κ1) is 37.2. The molecule has 13 heteroatoms. The van der Waals surface area contributed by atoms with Gasteiger partial charge in [-0.1, -0.05) is 38.2 Å². The van der Waals surface area contributed by atoms with E-state index in [0.29, 0.717) is 12.3 Å². The van der Waals surface area contributed by atoms with E-state index in [4.69, 9.17) is 14.5 Å². The van der Waals surface area contributed by atoms with Gasteiger partial charge in [0.05, 0.1) is 12.0 Å². The van der Waals surface area contributed by atoms with Crippen LogP contribution in [-0.2, 0) is 19.5 Å². The zero-order valence-electron chi connectivity index (χ0n) is 28.0. The van der Waals surface area contributed by atoms with Crippen molar-refractivity contribution in [3.05, 3.63) is 36.5 Å². The number of carbonyl (C=O) groups is 1. The van der Waals surface area contributed by atoms with Crippen LogP contribution in [0.15, 0.2) is 46.4 Å². The Morgan fingerprint density at radius 3 is 2.41 bits per heavy atom. The van der Waals surface area contributed by atoms with E-state index >= 15 is 4.39 Å². The van der Waals surface area contributed by atoms with E-state index in [0.717, 1.165) is 28.1 Å². The smallest absolute Gasteiger partial charge is 0.419 e. The minimum absolute atomic E-state index is 0.240. The normalized spacial score (nSPS) is 22.2. The van der Waals surface area contributed by atoms with Crippen LogP contribution in [0.25, 0.3) is 0 Å².